The van der Waals surface area contributed by atoms with Gasteiger partial charge in [-0.3, -0.25) is 10.1 Å². The first-order valence-corrected chi connectivity index (χ1v) is 6.20. The summed E-state index contributed by atoms with van der Waals surface area (Å²) in [7, 11) is 2.29. The smallest absolute Gasteiger partial charge is 0.411 e. The first-order chi connectivity index (χ1) is 9.90. The van der Waals surface area contributed by atoms with Crippen molar-refractivity contribution in [1.82, 2.24) is 10.2 Å². The molecular formula is C12H16N2O7. The molecule has 0 aliphatic carbocycles. The lowest BCUT2D eigenvalue weighted by Gasteiger charge is -2.21. The number of nitrogens with one attached hydrogen (secondary N) is 1. The Morgan fingerprint density at radius 2 is 1.95 bits per heavy atom. The number of nitrogens with zero attached hydrogens (tertiary/aromatic N) is 1. The summed E-state index contributed by atoms with van der Waals surface area (Å²) in [5, 5.41) is 12.3. The second-order valence-electron chi connectivity index (χ2n) is 4.61. The molecule has 0 spiro atoms. The van der Waals surface area contributed by atoms with E-state index in [1.807, 2.05) is 0 Å². The molecule has 1 amide bonds. The third kappa shape index (κ3) is 2.77. The lowest BCUT2D eigenvalue weighted by molar-refractivity contribution is -0.149. The quantitative estimate of drug-likeness (QED) is 0.287. The van der Waals surface area contributed by atoms with Crippen LogP contribution in [0, 0.1) is 0 Å². The number of rotatable bonds is 3. The van der Waals surface area contributed by atoms with Crippen LogP contribution in [0.1, 0.15) is 6.92 Å². The largest absolute Gasteiger partial charge is 0.464 e. The summed E-state index contributed by atoms with van der Waals surface area (Å²) in [4.78, 5) is 36.0. The lowest BCUT2D eigenvalue weighted by Crippen LogP contribution is -2.37. The molecule has 21 heavy (non-hydrogen) atoms. The van der Waals surface area contributed by atoms with Crippen molar-refractivity contribution in [3.8, 4) is 0 Å². The molecule has 2 aliphatic heterocycles. The number of amides is 1. The zero-order chi connectivity index (χ0) is 15.7. The van der Waals surface area contributed by atoms with Crippen LogP contribution in [-0.4, -0.2) is 67.1 Å². The molecule has 3 atom stereocenters. The number of aliphatic hydroxyl groups excluding tert-OH is 1. The second-order valence-corrected chi connectivity index (χ2v) is 4.61. The zero-order valence-electron chi connectivity index (χ0n) is 11.8. The molecule has 2 aliphatic rings. The van der Waals surface area contributed by atoms with Crippen LogP contribution in [0.5, 0.6) is 0 Å². The molecule has 2 saturated heterocycles. The molecule has 0 radical (unpaired) electrons. The molecular weight excluding hydrogens is 284 g/mol. The predicted octanol–water partition coefficient (Wildman–Crippen LogP) is -1.28. The van der Waals surface area contributed by atoms with Gasteiger partial charge in [-0.05, 0) is 0 Å². The van der Waals surface area contributed by atoms with E-state index >= 15 is 0 Å². The molecule has 2 fully saturated rings. The van der Waals surface area contributed by atoms with E-state index in [1.54, 1.807) is 4.90 Å². The van der Waals surface area contributed by atoms with Gasteiger partial charge in [-0.25, -0.2) is 9.59 Å². The number of fused-ring (bicyclic) bond motifs is 1. The van der Waals surface area contributed by atoms with Gasteiger partial charge in [-0.1, -0.05) is 0 Å². The van der Waals surface area contributed by atoms with Gasteiger partial charge in [0.25, 0.3) is 0 Å². The minimum atomic E-state index is -1.03. The number of piperidine rings is 1. The monoisotopic (exact) mass is 300 g/mol. The van der Waals surface area contributed by atoms with E-state index in [-0.39, 0.29) is 17.4 Å². The Hall–Kier alpha value is -2.29. The summed E-state index contributed by atoms with van der Waals surface area (Å²) in [6.45, 7) is 1.69. The number of esters is 2. The third-order valence-electron chi connectivity index (χ3n) is 3.28. The molecule has 9 heteroatoms. The average molecular weight is 300 g/mol. The van der Waals surface area contributed by atoms with Gasteiger partial charge in [0, 0.05) is 13.5 Å². The van der Waals surface area contributed by atoms with E-state index in [0.29, 0.717) is 6.54 Å². The minimum Gasteiger partial charge on any atom is -0.464 e. The van der Waals surface area contributed by atoms with Crippen LogP contribution in [-0.2, 0) is 23.8 Å². The maximum atomic E-state index is 11.9. The summed E-state index contributed by atoms with van der Waals surface area (Å²) >= 11 is 0. The molecule has 0 unspecified atom stereocenters. The van der Waals surface area contributed by atoms with Crippen LogP contribution in [0.25, 0.3) is 0 Å². The van der Waals surface area contributed by atoms with Gasteiger partial charge in [0.05, 0.1) is 26.0 Å². The van der Waals surface area contributed by atoms with Gasteiger partial charge < -0.3 is 24.2 Å². The normalized spacial score (nSPS) is 28.4. The Bertz CT molecular complexity index is 516. The Kier molecular flexibility index (Phi) is 4.03. The van der Waals surface area contributed by atoms with Crippen LogP contribution in [0.3, 0.4) is 0 Å². The highest BCUT2D eigenvalue weighted by atomic mass is 16.6. The molecule has 116 valence electrons. The van der Waals surface area contributed by atoms with Gasteiger partial charge >= 0.3 is 18.0 Å². The van der Waals surface area contributed by atoms with E-state index < -0.39 is 30.2 Å². The van der Waals surface area contributed by atoms with Crippen LogP contribution < -0.4 is 5.32 Å². The molecule has 0 aromatic carbocycles. The Labute approximate surface area is 120 Å². The van der Waals surface area contributed by atoms with Crippen molar-refractivity contribution in [2.24, 2.45) is 0 Å². The summed E-state index contributed by atoms with van der Waals surface area (Å²) in [6, 6.07) is -0.247. The van der Waals surface area contributed by atoms with Crippen LogP contribution >= 0.6 is 0 Å². The van der Waals surface area contributed by atoms with Crippen molar-refractivity contribution < 1.29 is 33.7 Å². The standard InChI is InChI=1S/C12H16N2O7/c1-5(15)21-10-8(14-4-6(14)9(10)16)7(11(17)19-2)13-12(18)20-3/h6,9-10,16H,4H2,1-3H3,(H,13,18)/b8-7+/t6-,9+,10+,14?/m0/s1. The topological polar surface area (TPSA) is 114 Å². The fourth-order valence-corrected chi connectivity index (χ4v) is 2.32. The minimum absolute atomic E-state index is 0.208. The predicted molar refractivity (Wildman–Crippen MR) is 66.6 cm³/mol. The van der Waals surface area contributed by atoms with Gasteiger partial charge in [0.2, 0.25) is 0 Å². The third-order valence-corrected chi connectivity index (χ3v) is 3.28. The number of aliphatic hydroxyl groups is 1. The fourth-order valence-electron chi connectivity index (χ4n) is 2.32. The molecule has 0 bridgehead atoms. The van der Waals surface area contributed by atoms with E-state index in [2.05, 4.69) is 14.8 Å². The maximum absolute atomic E-state index is 11.9. The second kappa shape index (κ2) is 5.60. The number of methoxy groups -OCH3 is 2. The summed E-state index contributed by atoms with van der Waals surface area (Å²) in [5.74, 6) is -1.44. The van der Waals surface area contributed by atoms with Crippen LogP contribution in [0.4, 0.5) is 4.79 Å². The maximum Gasteiger partial charge on any atom is 0.411 e. The Morgan fingerprint density at radius 1 is 1.29 bits per heavy atom. The molecule has 2 rings (SSSR count). The number of carbonyl (C=O) groups is 3. The Balaban J connectivity index is 2.39. The van der Waals surface area contributed by atoms with Gasteiger partial charge in [0.15, 0.2) is 11.8 Å². The first-order valence-electron chi connectivity index (χ1n) is 6.20. The SMILES string of the molecule is COC(=O)N/C(C(=O)OC)=C1\[C@@H](OC(C)=O)[C@H](O)[C@@H]2CN12. The van der Waals surface area contributed by atoms with E-state index in [0.717, 1.165) is 14.2 Å². The molecule has 0 aromatic rings. The van der Waals surface area contributed by atoms with Gasteiger partial charge in [-0.15, -0.1) is 0 Å². The van der Waals surface area contributed by atoms with Crippen molar-refractivity contribution >= 4 is 18.0 Å². The highest BCUT2D eigenvalue weighted by Crippen LogP contribution is 2.42. The lowest BCUT2D eigenvalue weighted by atomic mass is 10.1. The zero-order valence-corrected chi connectivity index (χ0v) is 11.8. The van der Waals surface area contributed by atoms with Crippen LogP contribution in [0.2, 0.25) is 0 Å². The van der Waals surface area contributed by atoms with Crippen molar-refractivity contribution in [2.75, 3.05) is 20.8 Å². The first kappa shape index (κ1) is 15.1. The number of hydrogen-bond acceptors (Lipinski definition) is 8. The molecule has 2 N–H and O–H groups in total. The summed E-state index contributed by atoms with van der Waals surface area (Å²) in [6.07, 6.45) is -2.88. The number of alkyl carbamates (subject to hydrolysis) is 1. The van der Waals surface area contributed by atoms with E-state index in [1.165, 1.54) is 6.92 Å². The average Bonchev–Trinajstić information content (AvgIpc) is 3.18. The van der Waals surface area contributed by atoms with Crippen molar-refractivity contribution in [2.45, 2.75) is 25.2 Å². The number of carbonyl (C=O) groups excluding carboxylic acids is 3. The van der Waals surface area contributed by atoms with Crippen molar-refractivity contribution in [3.05, 3.63) is 11.4 Å². The van der Waals surface area contributed by atoms with Gasteiger partial charge in [0.1, 0.15) is 6.10 Å². The highest BCUT2D eigenvalue weighted by Gasteiger charge is 2.58. The summed E-state index contributed by atoms with van der Waals surface area (Å²) < 4.78 is 14.1. The number of ether oxygens (including phenoxy) is 3. The fraction of sp³-hybridized carbons (Fsp3) is 0.583. The summed E-state index contributed by atoms with van der Waals surface area (Å²) in [5.41, 5.74) is -0.00500. The van der Waals surface area contributed by atoms with E-state index in [9.17, 15) is 19.5 Å². The van der Waals surface area contributed by atoms with Gasteiger partial charge in [-0.2, -0.15) is 0 Å². The van der Waals surface area contributed by atoms with Crippen LogP contribution in [0.15, 0.2) is 11.4 Å². The molecule has 9 nitrogen and oxygen atoms in total. The van der Waals surface area contributed by atoms with E-state index in [4.69, 9.17) is 4.74 Å². The van der Waals surface area contributed by atoms with Crippen molar-refractivity contribution in [1.29, 1.82) is 0 Å². The highest BCUT2D eigenvalue weighted by molar-refractivity contribution is 5.93. The molecule has 2 heterocycles. The van der Waals surface area contributed by atoms with Crippen molar-refractivity contribution in [3.63, 3.8) is 0 Å². The number of hydrogen-bond donors (Lipinski definition) is 2. The molecule has 0 saturated carbocycles. The Morgan fingerprint density at radius 3 is 2.48 bits per heavy atom. The molecule has 0 aromatic heterocycles.